The molecule has 2 aromatic rings. The lowest BCUT2D eigenvalue weighted by molar-refractivity contribution is -0.121. The summed E-state index contributed by atoms with van der Waals surface area (Å²) in [5, 5.41) is 3.22. The highest BCUT2D eigenvalue weighted by Crippen LogP contribution is 2.31. The van der Waals surface area contributed by atoms with Crippen molar-refractivity contribution in [3.05, 3.63) is 58.6 Å². The Bertz CT molecular complexity index is 824. The number of ether oxygens (including phenoxy) is 1. The first-order valence-electron chi connectivity index (χ1n) is 10.4. The minimum Gasteiger partial charge on any atom is -0.378 e. The zero-order valence-corrected chi connectivity index (χ0v) is 18.2. The van der Waals surface area contributed by atoms with Crippen molar-refractivity contribution < 1.29 is 9.53 Å². The predicted molar refractivity (Wildman–Crippen MR) is 120 cm³/mol. The van der Waals surface area contributed by atoms with Crippen LogP contribution in [0.25, 0.3) is 0 Å². The Hall–Kier alpha value is -1.89. The van der Waals surface area contributed by atoms with Crippen LogP contribution in [-0.2, 0) is 16.1 Å². The van der Waals surface area contributed by atoms with Gasteiger partial charge in [0.1, 0.15) is 0 Å². The average Bonchev–Trinajstić information content (AvgIpc) is 2.75. The highest BCUT2D eigenvalue weighted by Gasteiger charge is 2.27. The molecule has 29 heavy (non-hydrogen) atoms. The number of amides is 1. The highest BCUT2D eigenvalue weighted by molar-refractivity contribution is 9.10. The molecule has 0 bridgehead atoms. The third-order valence-corrected chi connectivity index (χ3v) is 6.19. The zero-order chi connectivity index (χ0) is 20.1. The molecule has 2 heterocycles. The van der Waals surface area contributed by atoms with Gasteiger partial charge >= 0.3 is 0 Å². The second-order valence-corrected chi connectivity index (χ2v) is 8.73. The van der Waals surface area contributed by atoms with Gasteiger partial charge in [0.25, 0.3) is 0 Å². The number of hydrogen-bond donors (Lipinski definition) is 1. The number of halogens is 1. The molecule has 154 valence electrons. The molecule has 2 aliphatic heterocycles. The van der Waals surface area contributed by atoms with Gasteiger partial charge in [0.05, 0.1) is 30.5 Å². The number of nitrogens with zero attached hydrogens (tertiary/aromatic N) is 2. The van der Waals surface area contributed by atoms with Crippen molar-refractivity contribution in [3.8, 4) is 0 Å². The third kappa shape index (κ3) is 5.38. The monoisotopic (exact) mass is 457 g/mol. The van der Waals surface area contributed by atoms with Gasteiger partial charge in [0.15, 0.2) is 0 Å². The molecule has 0 saturated carbocycles. The standard InChI is InChI=1S/C23H28BrN3O2/c24-20-8-9-22(27-11-13-29-14-12-27)21(15-20)25-23(28)19-7-4-10-26(17-19)16-18-5-2-1-3-6-18/h1-3,5-6,8-9,15,19H,4,7,10-14,16-17H2,(H,25,28). The van der Waals surface area contributed by atoms with Gasteiger partial charge in [-0.25, -0.2) is 0 Å². The van der Waals surface area contributed by atoms with Crippen LogP contribution in [0.4, 0.5) is 11.4 Å². The maximum atomic E-state index is 13.1. The van der Waals surface area contributed by atoms with E-state index in [1.54, 1.807) is 0 Å². The molecule has 0 radical (unpaired) electrons. The van der Waals surface area contributed by atoms with Gasteiger partial charge in [0, 0.05) is 30.7 Å². The normalized spacial score (nSPS) is 20.4. The number of nitrogens with one attached hydrogen (secondary N) is 1. The van der Waals surface area contributed by atoms with Gasteiger partial charge < -0.3 is 15.0 Å². The Morgan fingerprint density at radius 3 is 2.69 bits per heavy atom. The van der Waals surface area contributed by atoms with E-state index in [2.05, 4.69) is 61.4 Å². The van der Waals surface area contributed by atoms with Crippen LogP contribution in [0.1, 0.15) is 18.4 Å². The van der Waals surface area contributed by atoms with Crippen molar-refractivity contribution in [1.29, 1.82) is 0 Å². The van der Waals surface area contributed by atoms with Crippen LogP contribution in [0, 0.1) is 5.92 Å². The lowest BCUT2D eigenvalue weighted by Crippen LogP contribution is -2.41. The van der Waals surface area contributed by atoms with E-state index in [-0.39, 0.29) is 11.8 Å². The number of likely N-dealkylation sites (tertiary alicyclic amines) is 1. The Balaban J connectivity index is 1.42. The summed E-state index contributed by atoms with van der Waals surface area (Å²) in [6.07, 6.45) is 2.00. The van der Waals surface area contributed by atoms with Crippen LogP contribution in [-0.4, -0.2) is 50.2 Å². The topological polar surface area (TPSA) is 44.8 Å². The smallest absolute Gasteiger partial charge is 0.228 e. The fourth-order valence-corrected chi connectivity index (χ4v) is 4.54. The number of hydrogen-bond acceptors (Lipinski definition) is 4. The van der Waals surface area contributed by atoms with E-state index in [4.69, 9.17) is 4.74 Å². The van der Waals surface area contributed by atoms with E-state index in [0.717, 1.165) is 74.6 Å². The van der Waals surface area contributed by atoms with Gasteiger partial charge in [-0.2, -0.15) is 0 Å². The molecule has 2 saturated heterocycles. The molecule has 1 unspecified atom stereocenters. The van der Waals surface area contributed by atoms with E-state index >= 15 is 0 Å². The summed E-state index contributed by atoms with van der Waals surface area (Å²) in [6, 6.07) is 16.6. The maximum Gasteiger partial charge on any atom is 0.228 e. The molecule has 1 N–H and O–H groups in total. The second kappa shape index (κ2) is 9.74. The number of carbonyl (C=O) groups is 1. The molecule has 0 aromatic heterocycles. The predicted octanol–water partition coefficient (Wildman–Crippen LogP) is 4.14. The van der Waals surface area contributed by atoms with E-state index in [9.17, 15) is 4.79 Å². The molecule has 1 amide bonds. The highest BCUT2D eigenvalue weighted by atomic mass is 79.9. The van der Waals surface area contributed by atoms with E-state index in [1.807, 2.05) is 18.2 Å². The van der Waals surface area contributed by atoms with Gasteiger partial charge in [-0.1, -0.05) is 46.3 Å². The first-order chi connectivity index (χ1) is 14.2. The van der Waals surface area contributed by atoms with Crippen molar-refractivity contribution >= 4 is 33.2 Å². The molecule has 2 fully saturated rings. The molecular formula is C23H28BrN3O2. The summed E-state index contributed by atoms with van der Waals surface area (Å²) < 4.78 is 6.45. The quantitative estimate of drug-likeness (QED) is 0.732. The summed E-state index contributed by atoms with van der Waals surface area (Å²) in [5.74, 6) is 0.138. The minimum absolute atomic E-state index is 0.0176. The van der Waals surface area contributed by atoms with Crippen LogP contribution >= 0.6 is 15.9 Å². The zero-order valence-electron chi connectivity index (χ0n) is 16.6. The van der Waals surface area contributed by atoms with Gasteiger partial charge in [-0.3, -0.25) is 9.69 Å². The largest absolute Gasteiger partial charge is 0.378 e. The number of anilines is 2. The molecule has 0 spiro atoms. The SMILES string of the molecule is O=C(Nc1cc(Br)ccc1N1CCOCC1)C1CCCN(Cc2ccccc2)C1. The lowest BCUT2D eigenvalue weighted by atomic mass is 9.96. The molecule has 4 rings (SSSR count). The summed E-state index contributed by atoms with van der Waals surface area (Å²) in [4.78, 5) is 17.8. The van der Waals surface area contributed by atoms with Crippen LogP contribution in [0.5, 0.6) is 0 Å². The summed E-state index contributed by atoms with van der Waals surface area (Å²) in [6.45, 7) is 5.90. The number of benzene rings is 2. The molecule has 5 nitrogen and oxygen atoms in total. The van der Waals surface area contributed by atoms with E-state index in [1.165, 1.54) is 5.56 Å². The van der Waals surface area contributed by atoms with Crippen LogP contribution in [0.2, 0.25) is 0 Å². The first-order valence-corrected chi connectivity index (χ1v) is 11.2. The Morgan fingerprint density at radius 1 is 1.10 bits per heavy atom. The van der Waals surface area contributed by atoms with Crippen LogP contribution in [0.3, 0.4) is 0 Å². The molecule has 2 aliphatic rings. The number of carbonyl (C=O) groups excluding carboxylic acids is 1. The van der Waals surface area contributed by atoms with Crippen molar-refractivity contribution in [2.75, 3.05) is 49.6 Å². The lowest BCUT2D eigenvalue weighted by Gasteiger charge is -2.33. The fraction of sp³-hybridized carbons (Fsp3) is 0.435. The Kier molecular flexibility index (Phi) is 6.85. The summed E-state index contributed by atoms with van der Waals surface area (Å²) in [7, 11) is 0. The van der Waals surface area contributed by atoms with Gasteiger partial charge in [0.2, 0.25) is 5.91 Å². The molecule has 1 atom stereocenters. The van der Waals surface area contributed by atoms with Crippen LogP contribution < -0.4 is 10.2 Å². The van der Waals surface area contributed by atoms with Crippen molar-refractivity contribution in [2.45, 2.75) is 19.4 Å². The van der Waals surface area contributed by atoms with Crippen LogP contribution in [0.15, 0.2) is 53.0 Å². The number of piperidine rings is 1. The summed E-state index contributed by atoms with van der Waals surface area (Å²) in [5.41, 5.74) is 3.25. The Labute approximate surface area is 181 Å². The maximum absolute atomic E-state index is 13.1. The molecular weight excluding hydrogens is 430 g/mol. The van der Waals surface area contributed by atoms with Gasteiger partial charge in [-0.05, 0) is 43.1 Å². The van der Waals surface area contributed by atoms with Crippen molar-refractivity contribution in [2.24, 2.45) is 5.92 Å². The van der Waals surface area contributed by atoms with E-state index in [0.29, 0.717) is 0 Å². The van der Waals surface area contributed by atoms with Gasteiger partial charge in [-0.15, -0.1) is 0 Å². The number of rotatable bonds is 5. The van der Waals surface area contributed by atoms with E-state index < -0.39 is 0 Å². The van der Waals surface area contributed by atoms with Crippen molar-refractivity contribution in [1.82, 2.24) is 4.90 Å². The minimum atomic E-state index is 0.0176. The Morgan fingerprint density at radius 2 is 1.90 bits per heavy atom. The average molecular weight is 458 g/mol. The molecule has 0 aliphatic carbocycles. The summed E-state index contributed by atoms with van der Waals surface area (Å²) >= 11 is 3.55. The molecule has 6 heteroatoms. The number of morpholine rings is 1. The van der Waals surface area contributed by atoms with Crippen molar-refractivity contribution in [3.63, 3.8) is 0 Å². The second-order valence-electron chi connectivity index (χ2n) is 7.81. The first kappa shape index (κ1) is 20.4. The third-order valence-electron chi connectivity index (χ3n) is 5.69. The molecule has 2 aromatic carbocycles. The fourth-order valence-electron chi connectivity index (χ4n) is 4.18.